The largest absolute Gasteiger partial charge is 0.494 e. The molecule has 0 saturated carbocycles. The van der Waals surface area contributed by atoms with E-state index in [1.807, 2.05) is 41.8 Å². The number of unbranched alkanes of at least 4 members (excludes halogenated alkanes) is 1. The Balaban J connectivity index is 1.52. The number of nitrogens with zero attached hydrogens (tertiary/aromatic N) is 1. The summed E-state index contributed by atoms with van der Waals surface area (Å²) in [5.74, 6) is -1.65. The van der Waals surface area contributed by atoms with Gasteiger partial charge in [0.25, 0.3) is 0 Å². The van der Waals surface area contributed by atoms with Crippen LogP contribution in [-0.4, -0.2) is 33.3 Å². The van der Waals surface area contributed by atoms with Crippen LogP contribution in [-0.2, 0) is 29.0 Å². The van der Waals surface area contributed by atoms with Gasteiger partial charge in [0.1, 0.15) is 17.4 Å². The number of hydrogen-bond acceptors (Lipinski definition) is 3. The summed E-state index contributed by atoms with van der Waals surface area (Å²) in [6.45, 7) is 4.61. The third-order valence-corrected chi connectivity index (χ3v) is 7.78. The van der Waals surface area contributed by atoms with Gasteiger partial charge in [-0.05, 0) is 105 Å². The second kappa shape index (κ2) is 14.1. The summed E-state index contributed by atoms with van der Waals surface area (Å²) in [7, 11) is 0. The van der Waals surface area contributed by atoms with Crippen molar-refractivity contribution in [3.63, 3.8) is 0 Å². The smallest absolute Gasteiger partial charge is 0.303 e. The van der Waals surface area contributed by atoms with Gasteiger partial charge in [-0.3, -0.25) is 9.59 Å². The number of carboxylic acid groups (broad SMARTS) is 2. The minimum absolute atomic E-state index is 0.00795. The van der Waals surface area contributed by atoms with Crippen LogP contribution in [0.5, 0.6) is 5.75 Å². The van der Waals surface area contributed by atoms with Crippen molar-refractivity contribution < 1.29 is 33.3 Å². The highest BCUT2D eigenvalue weighted by atomic mass is 19.1. The summed E-state index contributed by atoms with van der Waals surface area (Å²) in [5, 5.41) is 18.7. The molecule has 0 fully saturated rings. The van der Waals surface area contributed by atoms with Crippen molar-refractivity contribution >= 4 is 22.8 Å². The minimum Gasteiger partial charge on any atom is -0.494 e. The molecular weight excluding hydrogens is 540 g/mol. The number of rotatable bonds is 15. The summed E-state index contributed by atoms with van der Waals surface area (Å²) < 4.78 is 37.0. The van der Waals surface area contributed by atoms with Crippen molar-refractivity contribution in [3.8, 4) is 16.9 Å². The fourth-order valence-corrected chi connectivity index (χ4v) is 5.53. The maximum atomic E-state index is 15.3. The molecule has 0 spiro atoms. The molecule has 0 saturated heterocycles. The Morgan fingerprint density at radius 3 is 2.24 bits per heavy atom. The maximum Gasteiger partial charge on any atom is 0.303 e. The minimum atomic E-state index is -0.900. The molecular formula is C34H37F2NO5. The first kappa shape index (κ1) is 30.8. The Hall–Kier alpha value is -4.20. The third-order valence-electron chi connectivity index (χ3n) is 7.78. The van der Waals surface area contributed by atoms with Crippen LogP contribution >= 0.6 is 0 Å². The Morgan fingerprint density at radius 2 is 1.52 bits per heavy atom. The molecule has 4 aromatic rings. The summed E-state index contributed by atoms with van der Waals surface area (Å²) in [5.41, 5.74) is 5.64. The van der Waals surface area contributed by atoms with E-state index < -0.39 is 11.9 Å². The summed E-state index contributed by atoms with van der Waals surface area (Å²) in [6, 6.07) is 15.9. The second-order valence-corrected chi connectivity index (χ2v) is 10.6. The van der Waals surface area contributed by atoms with Gasteiger partial charge >= 0.3 is 11.9 Å². The zero-order chi connectivity index (χ0) is 30.2. The predicted octanol–water partition coefficient (Wildman–Crippen LogP) is 7.88. The molecule has 0 aliphatic carbocycles. The Labute approximate surface area is 244 Å². The van der Waals surface area contributed by atoms with E-state index in [1.165, 1.54) is 12.1 Å². The van der Waals surface area contributed by atoms with Crippen LogP contribution in [0, 0.1) is 25.5 Å². The van der Waals surface area contributed by atoms with E-state index >= 15 is 4.39 Å². The number of halogens is 2. The van der Waals surface area contributed by atoms with Crippen LogP contribution in [0.2, 0.25) is 0 Å². The SMILES string of the molecule is Cc1c(F)cccc1CCCCOc1ccc(-c2ccc(F)c3c(CCCC(=O)O)c(C)n(CCCC(=O)O)c23)cc1. The predicted molar refractivity (Wildman–Crippen MR) is 159 cm³/mol. The van der Waals surface area contributed by atoms with Crippen molar-refractivity contribution in [1.82, 2.24) is 4.57 Å². The average molecular weight is 578 g/mol. The van der Waals surface area contributed by atoms with E-state index in [2.05, 4.69) is 0 Å². The monoisotopic (exact) mass is 577 g/mol. The molecule has 0 atom stereocenters. The van der Waals surface area contributed by atoms with Gasteiger partial charge in [-0.1, -0.05) is 24.3 Å². The number of benzene rings is 3. The van der Waals surface area contributed by atoms with E-state index in [0.717, 1.165) is 47.2 Å². The molecule has 222 valence electrons. The van der Waals surface area contributed by atoms with Crippen LogP contribution in [0.4, 0.5) is 8.78 Å². The van der Waals surface area contributed by atoms with Gasteiger partial charge in [0, 0.05) is 36.0 Å². The first-order chi connectivity index (χ1) is 20.2. The number of aliphatic carboxylic acids is 2. The highest BCUT2D eigenvalue weighted by Crippen LogP contribution is 2.37. The first-order valence-corrected chi connectivity index (χ1v) is 14.4. The van der Waals surface area contributed by atoms with Gasteiger partial charge in [0.05, 0.1) is 12.1 Å². The van der Waals surface area contributed by atoms with E-state index in [1.54, 1.807) is 19.1 Å². The summed E-state index contributed by atoms with van der Waals surface area (Å²) in [6.07, 6.45) is 3.64. The maximum absolute atomic E-state index is 15.3. The van der Waals surface area contributed by atoms with E-state index in [0.29, 0.717) is 54.6 Å². The van der Waals surface area contributed by atoms with Crippen LogP contribution in [0.3, 0.4) is 0 Å². The zero-order valence-corrected chi connectivity index (χ0v) is 24.1. The van der Waals surface area contributed by atoms with Gasteiger partial charge < -0.3 is 19.5 Å². The van der Waals surface area contributed by atoms with Crippen molar-refractivity contribution in [2.75, 3.05) is 6.61 Å². The lowest BCUT2D eigenvalue weighted by Crippen LogP contribution is -2.05. The molecule has 6 nitrogen and oxygen atoms in total. The fraction of sp³-hybridized carbons (Fsp3) is 0.353. The molecule has 42 heavy (non-hydrogen) atoms. The Bertz CT molecular complexity index is 1560. The van der Waals surface area contributed by atoms with Crippen LogP contribution in [0.1, 0.15) is 60.9 Å². The molecule has 0 radical (unpaired) electrons. The molecule has 2 N–H and O–H groups in total. The highest BCUT2D eigenvalue weighted by molar-refractivity contribution is 5.98. The number of hydrogen-bond donors (Lipinski definition) is 2. The number of carbonyl (C=O) groups is 2. The number of aryl methyl sites for hydroxylation is 3. The van der Waals surface area contributed by atoms with Crippen molar-refractivity contribution in [3.05, 3.63) is 88.6 Å². The zero-order valence-electron chi connectivity index (χ0n) is 24.1. The topological polar surface area (TPSA) is 88.8 Å². The molecule has 0 aliphatic rings. The van der Waals surface area contributed by atoms with E-state index in [9.17, 15) is 14.0 Å². The Morgan fingerprint density at radius 1 is 0.810 bits per heavy atom. The second-order valence-electron chi connectivity index (χ2n) is 10.6. The number of carboxylic acids is 2. The molecule has 0 bridgehead atoms. The molecule has 4 rings (SSSR count). The van der Waals surface area contributed by atoms with Gasteiger partial charge in [-0.25, -0.2) is 8.78 Å². The van der Waals surface area contributed by atoms with Crippen molar-refractivity contribution in [2.24, 2.45) is 0 Å². The van der Waals surface area contributed by atoms with Gasteiger partial charge in [0.2, 0.25) is 0 Å². The number of aromatic nitrogens is 1. The lowest BCUT2D eigenvalue weighted by Gasteiger charge is -2.13. The highest BCUT2D eigenvalue weighted by Gasteiger charge is 2.21. The van der Waals surface area contributed by atoms with Crippen molar-refractivity contribution in [1.29, 1.82) is 0 Å². The molecule has 1 heterocycles. The Kier molecular flexibility index (Phi) is 10.3. The van der Waals surface area contributed by atoms with Crippen LogP contribution in [0.25, 0.3) is 22.0 Å². The molecule has 8 heteroatoms. The van der Waals surface area contributed by atoms with Gasteiger partial charge in [-0.2, -0.15) is 0 Å². The van der Waals surface area contributed by atoms with E-state index in [4.69, 9.17) is 14.9 Å². The fourth-order valence-electron chi connectivity index (χ4n) is 5.53. The molecule has 0 aliphatic heterocycles. The lowest BCUT2D eigenvalue weighted by molar-refractivity contribution is -0.138. The normalized spacial score (nSPS) is 11.2. The van der Waals surface area contributed by atoms with Crippen LogP contribution in [0.15, 0.2) is 54.6 Å². The summed E-state index contributed by atoms with van der Waals surface area (Å²) in [4.78, 5) is 22.3. The first-order valence-electron chi connectivity index (χ1n) is 14.4. The quantitative estimate of drug-likeness (QED) is 0.140. The average Bonchev–Trinajstić information content (AvgIpc) is 3.23. The van der Waals surface area contributed by atoms with Crippen LogP contribution < -0.4 is 4.74 Å². The van der Waals surface area contributed by atoms with Gasteiger partial charge in [0.15, 0.2) is 0 Å². The van der Waals surface area contributed by atoms with Crippen molar-refractivity contribution in [2.45, 2.75) is 71.8 Å². The molecule has 0 unspecified atom stereocenters. The molecule has 0 amide bonds. The summed E-state index contributed by atoms with van der Waals surface area (Å²) >= 11 is 0. The molecule has 3 aromatic carbocycles. The van der Waals surface area contributed by atoms with Gasteiger partial charge in [-0.15, -0.1) is 0 Å². The molecule has 1 aromatic heterocycles. The lowest BCUT2D eigenvalue weighted by atomic mass is 9.99. The standard InChI is InChI=1S/C34H37F2NO5/c1-22-24(9-5-11-29(22)35)8-3-4-21-42-26-16-14-25(15-17-26)28-18-19-30(36)33-27(10-6-12-31(38)39)23(2)37(34(28)33)20-7-13-32(40)41/h5,9,11,14-19H,3-4,6-8,10,12-13,20-21H2,1-2H3,(H,38,39)(H,40,41). The number of fused-ring (bicyclic) bond motifs is 1. The third kappa shape index (κ3) is 7.35. The number of ether oxygens (including phenoxy) is 1. The van der Waals surface area contributed by atoms with E-state index in [-0.39, 0.29) is 24.5 Å².